The molecule has 0 fully saturated rings. The Morgan fingerprint density at radius 1 is 2.00 bits per heavy atom. The van der Waals surface area contributed by atoms with Gasteiger partial charge in [-0.1, -0.05) is 18.2 Å². The van der Waals surface area contributed by atoms with Crippen molar-refractivity contribution in [3.63, 3.8) is 0 Å². The van der Waals surface area contributed by atoms with Gasteiger partial charge in [0.25, 0.3) is 0 Å². The Labute approximate surface area is 58.8 Å². The molecular formula is C4H8ClO3P. The first-order valence-electron chi connectivity index (χ1n) is 2.33. The van der Waals surface area contributed by atoms with Crippen LogP contribution in [0.25, 0.3) is 0 Å². The second-order valence-corrected chi connectivity index (χ2v) is 3.87. The highest BCUT2D eigenvalue weighted by atomic mass is 35.5. The van der Waals surface area contributed by atoms with Gasteiger partial charge >= 0.3 is 7.60 Å². The van der Waals surface area contributed by atoms with Gasteiger partial charge in [0.2, 0.25) is 0 Å². The molecule has 9 heavy (non-hydrogen) atoms. The maximum atomic E-state index is 10.6. The lowest BCUT2D eigenvalue weighted by Crippen LogP contribution is -1.86. The van der Waals surface area contributed by atoms with E-state index < -0.39 is 7.60 Å². The predicted octanol–water partition coefficient (Wildman–Crippen LogP) is 1.92. The average molecular weight is 171 g/mol. The molecule has 0 aliphatic rings. The van der Waals surface area contributed by atoms with Crippen molar-refractivity contribution in [2.24, 2.45) is 0 Å². The Balaban J connectivity index is 4.04. The minimum absolute atomic E-state index is 0.152. The van der Waals surface area contributed by atoms with Gasteiger partial charge in [-0.25, -0.2) is 0 Å². The van der Waals surface area contributed by atoms with Gasteiger partial charge in [0, 0.05) is 0 Å². The van der Waals surface area contributed by atoms with E-state index in [2.05, 4.69) is 11.1 Å². The van der Waals surface area contributed by atoms with Crippen molar-refractivity contribution in [1.82, 2.24) is 0 Å². The molecule has 0 aromatic carbocycles. The molecule has 1 N–H and O–H groups in total. The molecular weight excluding hydrogens is 162 g/mol. The van der Waals surface area contributed by atoms with Crippen LogP contribution in [-0.4, -0.2) is 11.5 Å². The number of hydrogen-bond donors (Lipinski definition) is 1. The van der Waals surface area contributed by atoms with Crippen molar-refractivity contribution in [2.45, 2.75) is 6.92 Å². The maximum Gasteiger partial charge on any atom is 0.369 e. The highest BCUT2D eigenvalue weighted by Crippen LogP contribution is 2.51. The Kier molecular flexibility index (Phi) is 3.44. The molecule has 1 unspecified atom stereocenters. The maximum absolute atomic E-state index is 10.6. The first kappa shape index (κ1) is 9.18. The van der Waals surface area contributed by atoms with Gasteiger partial charge in [-0.3, -0.25) is 4.57 Å². The molecule has 0 heterocycles. The molecule has 0 bridgehead atoms. The summed E-state index contributed by atoms with van der Waals surface area (Å²) < 4.78 is 14.6. The summed E-state index contributed by atoms with van der Waals surface area (Å²) in [5, 5.41) is 0. The van der Waals surface area contributed by atoms with Gasteiger partial charge in [0.1, 0.15) is 4.77 Å². The van der Waals surface area contributed by atoms with Crippen LogP contribution < -0.4 is 0 Å². The minimum atomic E-state index is -3.69. The van der Waals surface area contributed by atoms with Crippen molar-refractivity contribution >= 4 is 19.2 Å². The molecule has 3 nitrogen and oxygen atoms in total. The van der Waals surface area contributed by atoms with Crippen LogP contribution in [0.3, 0.4) is 0 Å². The van der Waals surface area contributed by atoms with Crippen LogP contribution >= 0.6 is 19.2 Å². The van der Waals surface area contributed by atoms with Crippen LogP contribution in [0.1, 0.15) is 6.92 Å². The zero-order valence-electron chi connectivity index (χ0n) is 5.00. The normalized spacial score (nSPS) is 16.8. The van der Waals surface area contributed by atoms with Crippen molar-refractivity contribution < 1.29 is 14.0 Å². The molecule has 0 aromatic heterocycles. The third-order valence-corrected chi connectivity index (χ3v) is 2.47. The van der Waals surface area contributed by atoms with Crippen molar-refractivity contribution in [3.8, 4) is 0 Å². The van der Waals surface area contributed by atoms with Crippen LogP contribution in [0, 0.1) is 0 Å². The summed E-state index contributed by atoms with van der Waals surface area (Å²) in [7, 11) is -3.69. The summed E-state index contributed by atoms with van der Waals surface area (Å²) in [6.45, 7) is 4.82. The highest BCUT2D eigenvalue weighted by Gasteiger charge is 2.20. The van der Waals surface area contributed by atoms with Crippen LogP contribution in [0.2, 0.25) is 0 Å². The number of rotatable bonds is 3. The van der Waals surface area contributed by atoms with Crippen LogP contribution in [-0.2, 0) is 9.09 Å². The summed E-state index contributed by atoms with van der Waals surface area (Å²) in [6.07, 6.45) is 0. The van der Waals surface area contributed by atoms with Gasteiger partial charge in [-0.15, -0.1) is 0 Å². The molecule has 0 aliphatic carbocycles. The smallest absolute Gasteiger partial charge is 0.320 e. The predicted molar refractivity (Wildman–Crippen MR) is 36.4 cm³/mol. The Morgan fingerprint density at radius 3 is 2.56 bits per heavy atom. The fraction of sp³-hybridized carbons (Fsp3) is 0.500. The number of halogens is 1. The van der Waals surface area contributed by atoms with Gasteiger partial charge in [-0.05, 0) is 6.92 Å². The third kappa shape index (κ3) is 3.01. The largest absolute Gasteiger partial charge is 0.369 e. The zero-order chi connectivity index (χ0) is 7.49. The monoisotopic (exact) mass is 170 g/mol. The van der Waals surface area contributed by atoms with Crippen LogP contribution in [0.15, 0.2) is 11.4 Å². The average Bonchev–Trinajstić information content (AvgIpc) is 1.65. The Hall–Kier alpha value is 0.180. The molecule has 0 aliphatic heterocycles. The number of hydrogen-bond acceptors (Lipinski definition) is 2. The van der Waals surface area contributed by atoms with Crippen LogP contribution in [0.5, 0.6) is 0 Å². The van der Waals surface area contributed by atoms with Gasteiger partial charge < -0.3 is 9.42 Å². The molecule has 0 radical (unpaired) electrons. The van der Waals surface area contributed by atoms with Crippen molar-refractivity contribution in [1.29, 1.82) is 0 Å². The van der Waals surface area contributed by atoms with E-state index >= 15 is 0 Å². The van der Waals surface area contributed by atoms with Gasteiger partial charge in [0.15, 0.2) is 0 Å². The summed E-state index contributed by atoms with van der Waals surface area (Å²) in [5.74, 6) is 0. The van der Waals surface area contributed by atoms with Gasteiger partial charge in [0.05, 0.1) is 6.61 Å². The van der Waals surface area contributed by atoms with Crippen molar-refractivity contribution in [3.05, 3.63) is 11.4 Å². The molecule has 54 valence electrons. The fourth-order valence-electron chi connectivity index (χ4n) is 0.245. The van der Waals surface area contributed by atoms with E-state index in [4.69, 9.17) is 16.5 Å². The molecule has 0 aromatic rings. The van der Waals surface area contributed by atoms with E-state index in [1.165, 1.54) is 0 Å². The minimum Gasteiger partial charge on any atom is -0.320 e. The first-order valence-corrected chi connectivity index (χ1v) is 4.28. The molecule has 0 amide bonds. The lowest BCUT2D eigenvalue weighted by molar-refractivity contribution is 0.282. The van der Waals surface area contributed by atoms with Gasteiger partial charge in [-0.2, -0.15) is 0 Å². The Bertz CT molecular complexity index is 156. The molecule has 5 heteroatoms. The quantitative estimate of drug-likeness (QED) is 0.659. The molecule has 0 saturated heterocycles. The summed E-state index contributed by atoms with van der Waals surface area (Å²) in [5.41, 5.74) is 0. The molecule has 0 saturated carbocycles. The highest BCUT2D eigenvalue weighted by molar-refractivity contribution is 7.60. The summed E-state index contributed by atoms with van der Waals surface area (Å²) >= 11 is 5.12. The standard InChI is InChI=1S/C4H8ClO3P/c1-3-8-9(6,7)4(2)5/h2-3H2,1H3,(H,6,7). The summed E-state index contributed by atoms with van der Waals surface area (Å²) in [6, 6.07) is 0. The third-order valence-electron chi connectivity index (χ3n) is 0.611. The van der Waals surface area contributed by atoms with E-state index in [-0.39, 0.29) is 11.4 Å². The fourth-order valence-corrected chi connectivity index (χ4v) is 0.881. The van der Waals surface area contributed by atoms with E-state index in [1.54, 1.807) is 6.92 Å². The Morgan fingerprint density at radius 2 is 2.44 bits per heavy atom. The van der Waals surface area contributed by atoms with E-state index in [0.717, 1.165) is 0 Å². The van der Waals surface area contributed by atoms with Crippen molar-refractivity contribution in [2.75, 3.05) is 6.61 Å². The summed E-state index contributed by atoms with van der Waals surface area (Å²) in [4.78, 5) is 8.69. The molecule has 0 spiro atoms. The van der Waals surface area contributed by atoms with E-state index in [9.17, 15) is 4.57 Å². The second-order valence-electron chi connectivity index (χ2n) is 1.31. The van der Waals surface area contributed by atoms with E-state index in [0.29, 0.717) is 0 Å². The molecule has 0 rings (SSSR count). The van der Waals surface area contributed by atoms with E-state index in [1.807, 2.05) is 0 Å². The topological polar surface area (TPSA) is 46.5 Å². The lowest BCUT2D eigenvalue weighted by Gasteiger charge is -2.06. The lowest BCUT2D eigenvalue weighted by atomic mass is 10.9. The van der Waals surface area contributed by atoms with Crippen LogP contribution in [0.4, 0.5) is 0 Å². The zero-order valence-corrected chi connectivity index (χ0v) is 6.65. The SMILES string of the molecule is C=C(Cl)P(=O)(O)OCC. The molecule has 1 atom stereocenters. The second kappa shape index (κ2) is 3.37. The first-order chi connectivity index (χ1) is 4.00.